The van der Waals surface area contributed by atoms with E-state index in [0.717, 1.165) is 30.1 Å². The standard InChI is InChI=1S/C19H32BrN5/c1-16(14-25-11-9-23(3)10-12-25)13-22-19(21-2)24(4)15-17-7-5-6-8-18(17)20/h5-8,16H,9-15H2,1-4H3,(H,21,22). The number of benzene rings is 1. The van der Waals surface area contributed by atoms with Gasteiger partial charge in [-0.25, -0.2) is 0 Å². The second-order valence-electron chi connectivity index (χ2n) is 7.08. The van der Waals surface area contributed by atoms with Gasteiger partial charge in [-0.05, 0) is 24.6 Å². The summed E-state index contributed by atoms with van der Waals surface area (Å²) in [4.78, 5) is 11.6. The van der Waals surface area contributed by atoms with E-state index in [-0.39, 0.29) is 0 Å². The van der Waals surface area contributed by atoms with Crippen LogP contribution < -0.4 is 5.32 Å². The van der Waals surface area contributed by atoms with Crippen molar-refractivity contribution in [3.63, 3.8) is 0 Å². The Hall–Kier alpha value is -1.11. The van der Waals surface area contributed by atoms with Crippen molar-refractivity contribution in [2.75, 3.05) is 60.4 Å². The molecule has 0 saturated carbocycles. The number of aliphatic imine (C=N–C) groups is 1. The third-order valence-electron chi connectivity index (χ3n) is 4.71. The van der Waals surface area contributed by atoms with Crippen LogP contribution in [0, 0.1) is 5.92 Å². The van der Waals surface area contributed by atoms with E-state index in [4.69, 9.17) is 0 Å². The van der Waals surface area contributed by atoms with Gasteiger partial charge in [0.1, 0.15) is 0 Å². The van der Waals surface area contributed by atoms with Gasteiger partial charge in [0.2, 0.25) is 0 Å². The summed E-state index contributed by atoms with van der Waals surface area (Å²) in [6.45, 7) is 9.94. The van der Waals surface area contributed by atoms with Crippen LogP contribution >= 0.6 is 15.9 Å². The smallest absolute Gasteiger partial charge is 0.193 e. The van der Waals surface area contributed by atoms with E-state index in [1.165, 1.54) is 31.7 Å². The molecule has 1 aliphatic heterocycles. The Bertz CT molecular complexity index is 555. The number of piperazine rings is 1. The van der Waals surface area contributed by atoms with Crippen LogP contribution in [-0.4, -0.2) is 81.1 Å². The maximum absolute atomic E-state index is 4.44. The van der Waals surface area contributed by atoms with Crippen molar-refractivity contribution < 1.29 is 0 Å². The number of guanidine groups is 1. The summed E-state index contributed by atoms with van der Waals surface area (Å²) in [7, 11) is 6.14. The molecule has 0 radical (unpaired) electrons. The minimum Gasteiger partial charge on any atom is -0.356 e. The summed E-state index contributed by atoms with van der Waals surface area (Å²) < 4.78 is 1.14. The summed E-state index contributed by atoms with van der Waals surface area (Å²) in [5.41, 5.74) is 1.26. The predicted octanol–water partition coefficient (Wildman–Crippen LogP) is 2.34. The first kappa shape index (κ1) is 20.2. The van der Waals surface area contributed by atoms with Crippen LogP contribution in [0.5, 0.6) is 0 Å². The molecule has 0 aromatic heterocycles. The Morgan fingerprint density at radius 2 is 1.96 bits per heavy atom. The lowest BCUT2D eigenvalue weighted by Gasteiger charge is -2.34. The molecule has 1 saturated heterocycles. The van der Waals surface area contributed by atoms with Crippen LogP contribution in [0.1, 0.15) is 12.5 Å². The lowest BCUT2D eigenvalue weighted by atomic mass is 10.1. The minimum atomic E-state index is 0.594. The Labute approximate surface area is 161 Å². The van der Waals surface area contributed by atoms with Crippen LogP contribution in [0.2, 0.25) is 0 Å². The largest absolute Gasteiger partial charge is 0.356 e. The molecule has 2 rings (SSSR count). The molecule has 0 bridgehead atoms. The van der Waals surface area contributed by atoms with Gasteiger partial charge in [0.15, 0.2) is 5.96 Å². The summed E-state index contributed by atoms with van der Waals surface area (Å²) in [6.07, 6.45) is 0. The highest BCUT2D eigenvalue weighted by Gasteiger charge is 2.16. The molecule has 1 heterocycles. The van der Waals surface area contributed by atoms with Gasteiger partial charge < -0.3 is 20.0 Å². The molecule has 0 aliphatic carbocycles. The molecule has 140 valence electrons. The third-order valence-corrected chi connectivity index (χ3v) is 5.49. The summed E-state index contributed by atoms with van der Waals surface area (Å²) in [5, 5.41) is 3.53. The third kappa shape index (κ3) is 6.60. The molecule has 6 heteroatoms. The van der Waals surface area contributed by atoms with Gasteiger partial charge in [0, 0.05) is 64.4 Å². The molecule has 5 nitrogen and oxygen atoms in total. The molecule has 1 atom stereocenters. The van der Waals surface area contributed by atoms with E-state index in [2.05, 4.69) is 80.2 Å². The van der Waals surface area contributed by atoms with Crippen molar-refractivity contribution in [1.29, 1.82) is 0 Å². The first-order valence-corrected chi connectivity index (χ1v) is 9.85. The van der Waals surface area contributed by atoms with Gasteiger partial charge in [-0.1, -0.05) is 41.1 Å². The zero-order valence-corrected chi connectivity index (χ0v) is 17.6. The number of hydrogen-bond acceptors (Lipinski definition) is 3. The number of halogens is 1. The van der Waals surface area contributed by atoms with E-state index in [9.17, 15) is 0 Å². The average Bonchev–Trinajstić information content (AvgIpc) is 2.59. The van der Waals surface area contributed by atoms with Crippen molar-refractivity contribution in [3.05, 3.63) is 34.3 Å². The molecule has 1 N–H and O–H groups in total. The Morgan fingerprint density at radius 3 is 2.60 bits per heavy atom. The lowest BCUT2D eigenvalue weighted by molar-refractivity contribution is 0.139. The highest BCUT2D eigenvalue weighted by atomic mass is 79.9. The SMILES string of the molecule is CN=C(NCC(C)CN1CCN(C)CC1)N(C)Cc1ccccc1Br. The second kappa shape index (κ2) is 10.1. The fraction of sp³-hybridized carbons (Fsp3) is 0.632. The molecule has 1 aromatic rings. The number of nitrogens with one attached hydrogen (secondary N) is 1. The molecule has 1 aromatic carbocycles. The van der Waals surface area contributed by atoms with Crippen LogP contribution in [-0.2, 0) is 6.54 Å². The first-order chi connectivity index (χ1) is 12.0. The number of nitrogens with zero attached hydrogens (tertiary/aromatic N) is 4. The van der Waals surface area contributed by atoms with Crippen molar-refractivity contribution in [3.8, 4) is 0 Å². The molecular formula is C19H32BrN5. The van der Waals surface area contributed by atoms with Crippen molar-refractivity contribution in [2.24, 2.45) is 10.9 Å². The molecule has 1 unspecified atom stereocenters. The van der Waals surface area contributed by atoms with Gasteiger partial charge in [0.05, 0.1) is 0 Å². The Kier molecular flexibility index (Phi) is 8.19. The highest BCUT2D eigenvalue weighted by molar-refractivity contribution is 9.10. The quantitative estimate of drug-likeness (QED) is 0.577. The van der Waals surface area contributed by atoms with Gasteiger partial charge >= 0.3 is 0 Å². The van der Waals surface area contributed by atoms with E-state index < -0.39 is 0 Å². The molecule has 25 heavy (non-hydrogen) atoms. The topological polar surface area (TPSA) is 34.1 Å². The summed E-state index contributed by atoms with van der Waals surface area (Å²) in [5.74, 6) is 1.54. The predicted molar refractivity (Wildman–Crippen MR) is 110 cm³/mol. The van der Waals surface area contributed by atoms with E-state index in [1.807, 2.05) is 13.1 Å². The Morgan fingerprint density at radius 1 is 1.28 bits per heavy atom. The van der Waals surface area contributed by atoms with Gasteiger partial charge in [-0.3, -0.25) is 4.99 Å². The lowest BCUT2D eigenvalue weighted by Crippen LogP contribution is -2.47. The second-order valence-corrected chi connectivity index (χ2v) is 7.94. The van der Waals surface area contributed by atoms with Crippen LogP contribution in [0.25, 0.3) is 0 Å². The van der Waals surface area contributed by atoms with Crippen molar-refractivity contribution in [2.45, 2.75) is 13.5 Å². The van der Waals surface area contributed by atoms with E-state index >= 15 is 0 Å². The molecule has 1 fully saturated rings. The molecule has 1 aliphatic rings. The molecule has 0 spiro atoms. The maximum Gasteiger partial charge on any atom is 0.193 e. The highest BCUT2D eigenvalue weighted by Crippen LogP contribution is 2.17. The van der Waals surface area contributed by atoms with Crippen LogP contribution in [0.3, 0.4) is 0 Å². The monoisotopic (exact) mass is 409 g/mol. The fourth-order valence-corrected chi connectivity index (χ4v) is 3.55. The van der Waals surface area contributed by atoms with E-state index in [0.29, 0.717) is 5.92 Å². The normalized spacial score (nSPS) is 18.2. The molecule has 0 amide bonds. The summed E-state index contributed by atoms with van der Waals surface area (Å²) in [6, 6.07) is 8.34. The zero-order chi connectivity index (χ0) is 18.2. The number of hydrogen-bond donors (Lipinski definition) is 1. The molecular weight excluding hydrogens is 378 g/mol. The van der Waals surface area contributed by atoms with Gasteiger partial charge in [0.25, 0.3) is 0 Å². The van der Waals surface area contributed by atoms with Crippen LogP contribution in [0.15, 0.2) is 33.7 Å². The van der Waals surface area contributed by atoms with Gasteiger partial charge in [-0.15, -0.1) is 0 Å². The number of likely N-dealkylation sites (N-methyl/N-ethyl adjacent to an activating group) is 1. The van der Waals surface area contributed by atoms with Gasteiger partial charge in [-0.2, -0.15) is 0 Å². The van der Waals surface area contributed by atoms with E-state index in [1.54, 1.807) is 0 Å². The number of rotatable bonds is 6. The van der Waals surface area contributed by atoms with Crippen LogP contribution in [0.4, 0.5) is 0 Å². The minimum absolute atomic E-state index is 0.594. The first-order valence-electron chi connectivity index (χ1n) is 9.05. The van der Waals surface area contributed by atoms with Crippen molar-refractivity contribution in [1.82, 2.24) is 20.0 Å². The summed E-state index contributed by atoms with van der Waals surface area (Å²) >= 11 is 3.62. The zero-order valence-electron chi connectivity index (χ0n) is 16.0. The Balaban J connectivity index is 1.78. The maximum atomic E-state index is 4.44. The van der Waals surface area contributed by atoms with Crippen molar-refractivity contribution >= 4 is 21.9 Å². The average molecular weight is 410 g/mol. The fourth-order valence-electron chi connectivity index (χ4n) is 3.14.